The van der Waals surface area contributed by atoms with Crippen molar-refractivity contribution < 1.29 is 46.6 Å². The van der Waals surface area contributed by atoms with Crippen molar-refractivity contribution in [2.45, 2.75) is 207 Å². The smallest absolute Gasteiger partial charge is 0.446 e. The van der Waals surface area contributed by atoms with Gasteiger partial charge in [0.2, 0.25) is 6.29 Å². The molecular weight excluding hydrogens is 653 g/mol. The third-order valence-corrected chi connectivity index (χ3v) is 7.29. The molecule has 1 atom stereocenters. The number of hydrogen-bond acceptors (Lipinski definition) is 8. The van der Waals surface area contributed by atoms with Gasteiger partial charge in [0.15, 0.2) is 0 Å². The predicted molar refractivity (Wildman–Crippen MR) is 195 cm³/mol. The number of alkyl carbamates (subject to hydrolysis) is 1. The fourth-order valence-corrected chi connectivity index (χ4v) is 4.70. The van der Waals surface area contributed by atoms with Crippen molar-refractivity contribution in [3.05, 3.63) is 0 Å². The molecule has 1 unspecified atom stereocenters. The number of esters is 2. The minimum absolute atomic E-state index is 0.0459. The van der Waals surface area contributed by atoms with Crippen LogP contribution in [0.3, 0.4) is 0 Å². The first-order valence-corrected chi connectivity index (χ1v) is 19.2. The number of ether oxygens (including phenoxy) is 3. The quantitative estimate of drug-likeness (QED) is 0.0389. The summed E-state index contributed by atoms with van der Waals surface area (Å²) in [5.74, 6) is -0.238. The molecular formula is C38H73F3N2O7. The summed E-state index contributed by atoms with van der Waals surface area (Å²) in [5.41, 5.74) is 4.83. The third kappa shape index (κ3) is 43.7. The van der Waals surface area contributed by atoms with E-state index >= 15 is 0 Å². The maximum atomic E-state index is 12.2. The van der Waals surface area contributed by atoms with Gasteiger partial charge in [-0.2, -0.15) is 13.2 Å². The van der Waals surface area contributed by atoms with Crippen LogP contribution in [-0.4, -0.2) is 61.4 Å². The monoisotopic (exact) mass is 727 g/mol. The SMILES string of the molecule is CCCCC(CCC)OC(=O)CCCN.CCCCCCCC(CCCCCCC)OC(=O)CCCNC(=O)OC(C)(C)C.O=CC(F)(F)F. The molecule has 0 radical (unpaired) electrons. The number of nitrogens with two attached hydrogens (primary N) is 1. The zero-order valence-electron chi connectivity index (χ0n) is 32.6. The second-order valence-corrected chi connectivity index (χ2v) is 13.6. The van der Waals surface area contributed by atoms with E-state index in [4.69, 9.17) is 24.7 Å². The first-order chi connectivity index (χ1) is 23.6. The fraction of sp³-hybridized carbons (Fsp3) is 0.895. The van der Waals surface area contributed by atoms with Crippen molar-refractivity contribution in [1.29, 1.82) is 0 Å². The van der Waals surface area contributed by atoms with Crippen molar-refractivity contribution in [2.24, 2.45) is 5.73 Å². The third-order valence-electron chi connectivity index (χ3n) is 7.29. The Labute approximate surface area is 302 Å². The van der Waals surface area contributed by atoms with Crippen LogP contribution in [-0.2, 0) is 28.6 Å². The van der Waals surface area contributed by atoms with E-state index in [9.17, 15) is 27.6 Å². The molecule has 0 aromatic heterocycles. The van der Waals surface area contributed by atoms with Crippen molar-refractivity contribution in [1.82, 2.24) is 5.32 Å². The normalized spacial score (nSPS) is 11.8. The molecule has 0 saturated carbocycles. The highest BCUT2D eigenvalue weighted by Gasteiger charge is 2.25. The molecule has 0 aromatic carbocycles. The highest BCUT2D eigenvalue weighted by atomic mass is 19.4. The van der Waals surface area contributed by atoms with Gasteiger partial charge in [-0.1, -0.05) is 98.3 Å². The lowest BCUT2D eigenvalue weighted by atomic mass is 10.0. The van der Waals surface area contributed by atoms with Gasteiger partial charge < -0.3 is 25.3 Å². The Hall–Kier alpha value is -2.37. The minimum Gasteiger partial charge on any atom is -0.462 e. The molecule has 9 nitrogen and oxygen atoms in total. The molecule has 298 valence electrons. The van der Waals surface area contributed by atoms with Crippen molar-refractivity contribution in [3.63, 3.8) is 0 Å². The van der Waals surface area contributed by atoms with E-state index in [1.54, 1.807) is 0 Å². The van der Waals surface area contributed by atoms with Crippen LogP contribution in [0.15, 0.2) is 0 Å². The molecule has 0 aliphatic heterocycles. The van der Waals surface area contributed by atoms with Gasteiger partial charge in [-0.15, -0.1) is 0 Å². The van der Waals surface area contributed by atoms with E-state index in [2.05, 4.69) is 33.0 Å². The molecule has 0 aliphatic rings. The second-order valence-electron chi connectivity index (χ2n) is 13.6. The van der Waals surface area contributed by atoms with Gasteiger partial charge in [-0.25, -0.2) is 4.79 Å². The van der Waals surface area contributed by atoms with E-state index in [0.717, 1.165) is 64.2 Å². The van der Waals surface area contributed by atoms with Gasteiger partial charge in [0.1, 0.15) is 17.8 Å². The summed E-state index contributed by atoms with van der Waals surface area (Å²) in [5, 5.41) is 2.69. The zero-order valence-corrected chi connectivity index (χ0v) is 32.6. The molecule has 50 heavy (non-hydrogen) atoms. The molecule has 12 heteroatoms. The number of carbonyl (C=O) groups is 4. The van der Waals surface area contributed by atoms with Crippen LogP contribution in [0.1, 0.15) is 183 Å². The van der Waals surface area contributed by atoms with Gasteiger partial charge in [-0.3, -0.25) is 14.4 Å². The molecule has 0 fully saturated rings. The molecule has 0 bridgehead atoms. The number of rotatable bonds is 26. The first kappa shape index (κ1) is 52.0. The van der Waals surface area contributed by atoms with Crippen LogP contribution in [0.25, 0.3) is 0 Å². The maximum Gasteiger partial charge on any atom is 0.446 e. The summed E-state index contributed by atoms with van der Waals surface area (Å²) in [4.78, 5) is 43.9. The first-order valence-electron chi connectivity index (χ1n) is 19.2. The minimum atomic E-state index is -4.64. The van der Waals surface area contributed by atoms with Gasteiger partial charge >= 0.3 is 24.2 Å². The number of alkyl halides is 3. The van der Waals surface area contributed by atoms with E-state index in [1.165, 1.54) is 51.4 Å². The van der Waals surface area contributed by atoms with Crippen LogP contribution >= 0.6 is 0 Å². The molecule has 0 heterocycles. The van der Waals surface area contributed by atoms with Crippen LogP contribution in [0.5, 0.6) is 0 Å². The second kappa shape index (κ2) is 35.1. The van der Waals surface area contributed by atoms with E-state index < -0.39 is 24.2 Å². The number of hydrogen-bond donors (Lipinski definition) is 2. The summed E-state index contributed by atoms with van der Waals surface area (Å²) < 4.78 is 47.6. The van der Waals surface area contributed by atoms with Gasteiger partial charge in [0.25, 0.3) is 0 Å². The molecule has 0 saturated heterocycles. The van der Waals surface area contributed by atoms with E-state index in [-0.39, 0.29) is 24.1 Å². The summed E-state index contributed by atoms with van der Waals surface area (Å²) >= 11 is 0. The highest BCUT2D eigenvalue weighted by Crippen LogP contribution is 2.17. The van der Waals surface area contributed by atoms with Gasteiger partial charge in [0.05, 0.1) is 0 Å². The van der Waals surface area contributed by atoms with E-state index in [0.29, 0.717) is 32.4 Å². The van der Waals surface area contributed by atoms with Crippen molar-refractivity contribution in [2.75, 3.05) is 13.1 Å². The van der Waals surface area contributed by atoms with Crippen LogP contribution in [0, 0.1) is 0 Å². The van der Waals surface area contributed by atoms with Crippen LogP contribution in [0.4, 0.5) is 18.0 Å². The Kier molecular flexibility index (Phi) is 36.4. The molecule has 1 amide bonds. The lowest BCUT2D eigenvalue weighted by molar-refractivity contribution is -0.156. The van der Waals surface area contributed by atoms with Crippen molar-refractivity contribution >= 4 is 24.3 Å². The zero-order chi connectivity index (χ0) is 38.7. The summed E-state index contributed by atoms with van der Waals surface area (Å²) in [6, 6.07) is 0. The molecule has 0 spiro atoms. The maximum absolute atomic E-state index is 12.2. The molecule has 3 N–H and O–H groups in total. The number of nitrogens with one attached hydrogen (secondary N) is 1. The molecule has 0 rings (SSSR count). The van der Waals surface area contributed by atoms with Crippen molar-refractivity contribution in [3.8, 4) is 0 Å². The average Bonchev–Trinajstić information content (AvgIpc) is 3.03. The summed E-state index contributed by atoms with van der Waals surface area (Å²) in [6.45, 7) is 15.2. The summed E-state index contributed by atoms with van der Waals surface area (Å²) in [6.07, 6.45) is 15.7. The number of unbranched alkanes of at least 4 members (excludes halogenated alkanes) is 9. The Morgan fingerprint density at radius 3 is 1.46 bits per heavy atom. The Morgan fingerprint density at radius 2 is 1.06 bits per heavy atom. The number of aldehydes is 1. The number of carbonyl (C=O) groups excluding carboxylic acids is 4. The predicted octanol–water partition coefficient (Wildman–Crippen LogP) is 10.3. The Morgan fingerprint density at radius 1 is 0.640 bits per heavy atom. The average molecular weight is 727 g/mol. The molecule has 0 aliphatic carbocycles. The van der Waals surface area contributed by atoms with Crippen LogP contribution < -0.4 is 11.1 Å². The fourth-order valence-electron chi connectivity index (χ4n) is 4.70. The highest BCUT2D eigenvalue weighted by molar-refractivity contribution is 5.70. The number of halogens is 3. The Balaban J connectivity index is -0.000000868. The lowest BCUT2D eigenvalue weighted by Crippen LogP contribution is -2.33. The lowest BCUT2D eigenvalue weighted by Gasteiger charge is -2.20. The van der Waals surface area contributed by atoms with E-state index in [1.807, 2.05) is 20.8 Å². The standard InChI is InChI=1S/C24H47NO4.C12H25NO2.C2HF3O/c1-6-8-10-12-14-17-21(18-15-13-11-9-7-2)28-22(26)19-16-20-25-23(27)29-24(3,4)5;1-3-5-8-11(7-4-2)15-12(14)9-6-10-13;3-2(4,5)1-6/h21H,6-20H2,1-5H3,(H,25,27);11H,3-10,13H2,1-2H3;1H. The summed E-state index contributed by atoms with van der Waals surface area (Å²) in [7, 11) is 0. The van der Waals surface area contributed by atoms with Gasteiger partial charge in [0, 0.05) is 19.4 Å². The topological polar surface area (TPSA) is 134 Å². The number of amides is 1. The van der Waals surface area contributed by atoms with Gasteiger partial charge in [-0.05, 0) is 78.7 Å². The molecule has 0 aromatic rings. The largest absolute Gasteiger partial charge is 0.462 e. The van der Waals surface area contributed by atoms with Crippen LogP contribution in [0.2, 0.25) is 0 Å². The Bertz CT molecular complexity index is 807.